The van der Waals surface area contributed by atoms with Gasteiger partial charge in [-0.2, -0.15) is 0 Å². The van der Waals surface area contributed by atoms with Gasteiger partial charge >= 0.3 is 12.0 Å². The molecule has 0 aromatic heterocycles. The minimum Gasteiger partial charge on any atom is -0.481 e. The molecule has 21 heavy (non-hydrogen) atoms. The number of carbonyl (C=O) groups excluding carboxylic acids is 1. The highest BCUT2D eigenvalue weighted by Gasteiger charge is 2.42. The van der Waals surface area contributed by atoms with Crippen LogP contribution in [0.1, 0.15) is 52.4 Å². The number of nitrogens with one attached hydrogen (secondary N) is 1. The lowest BCUT2D eigenvalue weighted by atomic mass is 9.76. The maximum Gasteiger partial charge on any atom is 0.317 e. The molecule has 120 valence electrons. The summed E-state index contributed by atoms with van der Waals surface area (Å²) in [4.78, 5) is 25.6. The molecule has 0 radical (unpaired) electrons. The SMILES string of the molecule is CCCC1(C(=O)O)CCCN(C(=O)NCC(C)C2CC2)C1. The number of piperidine rings is 1. The van der Waals surface area contributed by atoms with Crippen molar-refractivity contribution in [1.29, 1.82) is 0 Å². The fraction of sp³-hybridized carbons (Fsp3) is 0.875. The van der Waals surface area contributed by atoms with Crippen molar-refractivity contribution in [2.75, 3.05) is 19.6 Å². The summed E-state index contributed by atoms with van der Waals surface area (Å²) in [6.07, 6.45) is 5.49. The Morgan fingerprint density at radius 1 is 1.43 bits per heavy atom. The molecule has 1 saturated carbocycles. The van der Waals surface area contributed by atoms with Gasteiger partial charge in [-0.25, -0.2) is 4.79 Å². The summed E-state index contributed by atoms with van der Waals surface area (Å²) < 4.78 is 0. The zero-order valence-electron chi connectivity index (χ0n) is 13.2. The van der Waals surface area contributed by atoms with E-state index in [-0.39, 0.29) is 6.03 Å². The van der Waals surface area contributed by atoms with Crippen LogP contribution in [0.5, 0.6) is 0 Å². The normalized spacial score (nSPS) is 27.2. The zero-order valence-corrected chi connectivity index (χ0v) is 13.2. The Balaban J connectivity index is 1.89. The van der Waals surface area contributed by atoms with Gasteiger partial charge in [-0.1, -0.05) is 20.3 Å². The summed E-state index contributed by atoms with van der Waals surface area (Å²) in [6, 6.07) is -0.0936. The van der Waals surface area contributed by atoms with E-state index in [9.17, 15) is 14.7 Å². The predicted octanol–water partition coefficient (Wildman–Crippen LogP) is 2.71. The highest BCUT2D eigenvalue weighted by Crippen LogP contribution is 2.37. The number of nitrogens with zero attached hydrogens (tertiary/aromatic N) is 1. The first-order chi connectivity index (χ1) is 9.98. The molecular weight excluding hydrogens is 268 g/mol. The van der Waals surface area contributed by atoms with Crippen molar-refractivity contribution >= 4 is 12.0 Å². The third kappa shape index (κ3) is 3.89. The Labute approximate surface area is 127 Å². The van der Waals surface area contributed by atoms with E-state index in [1.54, 1.807) is 4.90 Å². The smallest absolute Gasteiger partial charge is 0.317 e. The standard InChI is InChI=1S/C16H28N2O3/c1-3-7-16(14(19)20)8-4-9-18(11-16)15(21)17-10-12(2)13-5-6-13/h12-13H,3-11H2,1-2H3,(H,17,21)(H,19,20). The van der Waals surface area contributed by atoms with Crippen LogP contribution in [0.4, 0.5) is 4.79 Å². The van der Waals surface area contributed by atoms with Crippen LogP contribution in [0, 0.1) is 17.3 Å². The summed E-state index contributed by atoms with van der Waals surface area (Å²) in [5.74, 6) is 0.539. The third-order valence-corrected chi connectivity index (χ3v) is 5.05. The van der Waals surface area contributed by atoms with E-state index in [1.807, 2.05) is 6.92 Å². The number of carbonyl (C=O) groups is 2. The molecule has 2 rings (SSSR count). The summed E-state index contributed by atoms with van der Waals surface area (Å²) >= 11 is 0. The molecule has 0 spiro atoms. The number of likely N-dealkylation sites (tertiary alicyclic amines) is 1. The van der Waals surface area contributed by atoms with Crippen molar-refractivity contribution in [3.8, 4) is 0 Å². The first-order valence-corrected chi connectivity index (χ1v) is 8.24. The molecule has 1 aliphatic carbocycles. The quantitative estimate of drug-likeness (QED) is 0.791. The van der Waals surface area contributed by atoms with Gasteiger partial charge in [-0.3, -0.25) is 4.79 Å². The average Bonchev–Trinajstić information content (AvgIpc) is 3.29. The molecule has 1 saturated heterocycles. The van der Waals surface area contributed by atoms with Crippen LogP contribution in [-0.2, 0) is 4.79 Å². The first-order valence-electron chi connectivity index (χ1n) is 8.24. The topological polar surface area (TPSA) is 69.6 Å². The molecule has 2 atom stereocenters. The minimum absolute atomic E-state index is 0.0936. The molecule has 2 aliphatic rings. The van der Waals surface area contributed by atoms with Crippen LogP contribution in [-0.4, -0.2) is 41.6 Å². The zero-order chi connectivity index (χ0) is 15.5. The second-order valence-corrected chi connectivity index (χ2v) is 6.86. The van der Waals surface area contributed by atoms with E-state index in [0.29, 0.717) is 38.4 Å². The number of amides is 2. The lowest BCUT2D eigenvalue weighted by Gasteiger charge is -2.40. The van der Waals surface area contributed by atoms with E-state index < -0.39 is 11.4 Å². The van der Waals surface area contributed by atoms with Crippen molar-refractivity contribution in [1.82, 2.24) is 10.2 Å². The molecular formula is C16H28N2O3. The lowest BCUT2D eigenvalue weighted by molar-refractivity contribution is -0.152. The number of aliphatic carboxylic acids is 1. The van der Waals surface area contributed by atoms with Crippen molar-refractivity contribution < 1.29 is 14.7 Å². The molecule has 1 aliphatic heterocycles. The van der Waals surface area contributed by atoms with Gasteiger partial charge in [0.25, 0.3) is 0 Å². The van der Waals surface area contributed by atoms with Crippen molar-refractivity contribution in [2.24, 2.45) is 17.3 Å². The maximum atomic E-state index is 12.3. The second kappa shape index (κ2) is 6.67. The number of hydrogen-bond acceptors (Lipinski definition) is 2. The van der Waals surface area contributed by atoms with E-state index >= 15 is 0 Å². The monoisotopic (exact) mass is 296 g/mol. The largest absolute Gasteiger partial charge is 0.481 e. The van der Waals surface area contributed by atoms with Crippen molar-refractivity contribution in [3.63, 3.8) is 0 Å². The Hall–Kier alpha value is -1.26. The molecule has 5 heteroatoms. The lowest BCUT2D eigenvalue weighted by Crippen LogP contribution is -2.53. The van der Waals surface area contributed by atoms with Gasteiger partial charge in [-0.15, -0.1) is 0 Å². The maximum absolute atomic E-state index is 12.3. The molecule has 0 aromatic carbocycles. The Morgan fingerprint density at radius 3 is 2.71 bits per heavy atom. The summed E-state index contributed by atoms with van der Waals surface area (Å²) in [6.45, 7) is 5.89. The number of urea groups is 1. The molecule has 2 amide bonds. The van der Waals surface area contributed by atoms with Crippen LogP contribution in [0.25, 0.3) is 0 Å². The first kappa shape index (κ1) is 16.1. The van der Waals surface area contributed by atoms with Gasteiger partial charge in [0, 0.05) is 19.6 Å². The van der Waals surface area contributed by atoms with Gasteiger partial charge in [0.1, 0.15) is 0 Å². The van der Waals surface area contributed by atoms with Gasteiger partial charge < -0.3 is 15.3 Å². The fourth-order valence-electron chi connectivity index (χ4n) is 3.46. The van der Waals surface area contributed by atoms with Crippen LogP contribution < -0.4 is 5.32 Å². The van der Waals surface area contributed by atoms with Crippen LogP contribution >= 0.6 is 0 Å². The van der Waals surface area contributed by atoms with Crippen molar-refractivity contribution in [3.05, 3.63) is 0 Å². The van der Waals surface area contributed by atoms with Gasteiger partial charge in [-0.05, 0) is 43.9 Å². The minimum atomic E-state index is -0.756. The van der Waals surface area contributed by atoms with Crippen LogP contribution in [0.3, 0.4) is 0 Å². The number of carboxylic acids is 1. The number of rotatable bonds is 6. The molecule has 2 fully saturated rings. The average molecular weight is 296 g/mol. The Kier molecular flexibility index (Phi) is 5.12. The molecule has 1 heterocycles. The van der Waals surface area contributed by atoms with E-state index in [1.165, 1.54) is 12.8 Å². The molecule has 2 unspecified atom stereocenters. The highest BCUT2D eigenvalue weighted by atomic mass is 16.4. The van der Waals surface area contributed by atoms with Gasteiger partial charge in [0.2, 0.25) is 0 Å². The van der Waals surface area contributed by atoms with Gasteiger partial charge in [0.05, 0.1) is 5.41 Å². The molecule has 0 bridgehead atoms. The van der Waals surface area contributed by atoms with Crippen molar-refractivity contribution in [2.45, 2.75) is 52.4 Å². The van der Waals surface area contributed by atoms with Gasteiger partial charge in [0.15, 0.2) is 0 Å². The number of hydrogen-bond donors (Lipinski definition) is 2. The summed E-state index contributed by atoms with van der Waals surface area (Å²) in [7, 11) is 0. The van der Waals surface area contributed by atoms with E-state index in [2.05, 4.69) is 12.2 Å². The Morgan fingerprint density at radius 2 is 2.14 bits per heavy atom. The molecule has 5 nitrogen and oxygen atoms in total. The summed E-state index contributed by atoms with van der Waals surface area (Å²) in [5.41, 5.74) is -0.744. The van der Waals surface area contributed by atoms with E-state index in [4.69, 9.17) is 0 Å². The molecule has 2 N–H and O–H groups in total. The second-order valence-electron chi connectivity index (χ2n) is 6.86. The Bertz CT molecular complexity index is 391. The fourth-order valence-corrected chi connectivity index (χ4v) is 3.46. The summed E-state index contributed by atoms with van der Waals surface area (Å²) in [5, 5.41) is 12.5. The van der Waals surface area contributed by atoms with E-state index in [0.717, 1.165) is 18.8 Å². The highest BCUT2D eigenvalue weighted by molar-refractivity contribution is 5.78. The van der Waals surface area contributed by atoms with Crippen LogP contribution in [0.2, 0.25) is 0 Å². The van der Waals surface area contributed by atoms with Crippen LogP contribution in [0.15, 0.2) is 0 Å². The molecule has 0 aromatic rings. The third-order valence-electron chi connectivity index (χ3n) is 5.05. The number of carboxylic acid groups (broad SMARTS) is 1. The predicted molar refractivity (Wildman–Crippen MR) is 81.1 cm³/mol.